The second-order valence-electron chi connectivity index (χ2n) is 6.80. The summed E-state index contributed by atoms with van der Waals surface area (Å²) in [5.74, 6) is 0.892. The molecule has 0 aromatic carbocycles. The van der Waals surface area contributed by atoms with E-state index in [1.54, 1.807) is 0 Å². The Bertz CT molecular complexity index is 301. The van der Waals surface area contributed by atoms with Crippen LogP contribution in [0.5, 0.6) is 0 Å². The Morgan fingerprint density at radius 2 is 1.83 bits per heavy atom. The molecule has 4 nitrogen and oxygen atoms in total. The van der Waals surface area contributed by atoms with Gasteiger partial charge >= 0.3 is 6.09 Å². The van der Waals surface area contributed by atoms with E-state index in [-0.39, 0.29) is 12.1 Å². The molecule has 0 bridgehead atoms. The fraction of sp³-hybridized carbons (Fsp3) is 0.929. The molecule has 2 aliphatic carbocycles. The van der Waals surface area contributed by atoms with E-state index in [2.05, 4.69) is 17.6 Å². The molecule has 1 atom stereocenters. The second-order valence-corrected chi connectivity index (χ2v) is 6.80. The summed E-state index contributed by atoms with van der Waals surface area (Å²) in [5, 5.41) is 6.56. The third-order valence-corrected chi connectivity index (χ3v) is 3.69. The second kappa shape index (κ2) is 5.08. The highest BCUT2D eigenvalue weighted by molar-refractivity contribution is 5.68. The molecule has 2 N–H and O–H groups in total. The maximum atomic E-state index is 11.6. The van der Waals surface area contributed by atoms with Gasteiger partial charge in [0.15, 0.2) is 0 Å². The van der Waals surface area contributed by atoms with Gasteiger partial charge in [-0.05, 0) is 59.3 Å². The predicted octanol–water partition coefficient (Wildman–Crippen LogP) is 2.43. The summed E-state index contributed by atoms with van der Waals surface area (Å²) in [6, 6.07) is 1.49. The molecule has 0 saturated heterocycles. The van der Waals surface area contributed by atoms with Crippen LogP contribution in [0, 0.1) is 5.92 Å². The van der Waals surface area contributed by atoms with Crippen LogP contribution in [0.4, 0.5) is 4.79 Å². The summed E-state index contributed by atoms with van der Waals surface area (Å²) in [6.07, 6.45) is 4.51. The standard InChI is InChI=1S/C14H26N2O2/c1-9(10-5-6-10)15-11-7-12(8-11)16-13(17)18-14(2,3)4/h9-12,15H,5-8H2,1-4H3,(H,16,17). The highest BCUT2D eigenvalue weighted by Gasteiger charge is 2.35. The van der Waals surface area contributed by atoms with E-state index >= 15 is 0 Å². The summed E-state index contributed by atoms with van der Waals surface area (Å²) in [7, 11) is 0. The first-order valence-corrected chi connectivity index (χ1v) is 7.09. The van der Waals surface area contributed by atoms with Gasteiger partial charge in [-0.2, -0.15) is 0 Å². The Morgan fingerprint density at radius 1 is 1.22 bits per heavy atom. The van der Waals surface area contributed by atoms with Crippen molar-refractivity contribution in [3.05, 3.63) is 0 Å². The van der Waals surface area contributed by atoms with Crippen LogP contribution >= 0.6 is 0 Å². The predicted molar refractivity (Wildman–Crippen MR) is 71.5 cm³/mol. The number of ether oxygens (including phenoxy) is 1. The number of amides is 1. The minimum Gasteiger partial charge on any atom is -0.444 e. The number of rotatable bonds is 4. The maximum absolute atomic E-state index is 11.6. The zero-order valence-electron chi connectivity index (χ0n) is 12.0. The average molecular weight is 254 g/mol. The molecule has 2 fully saturated rings. The van der Waals surface area contributed by atoms with Gasteiger partial charge in [-0.3, -0.25) is 0 Å². The van der Waals surface area contributed by atoms with E-state index in [9.17, 15) is 4.79 Å². The Labute approximate surface area is 110 Å². The van der Waals surface area contributed by atoms with Crippen LogP contribution in [-0.2, 0) is 4.74 Å². The van der Waals surface area contributed by atoms with Crippen molar-refractivity contribution in [2.45, 2.75) is 77.1 Å². The minimum absolute atomic E-state index is 0.281. The van der Waals surface area contributed by atoms with E-state index in [0.717, 1.165) is 18.8 Å². The van der Waals surface area contributed by atoms with Crippen LogP contribution in [-0.4, -0.2) is 29.8 Å². The molecule has 0 aromatic heterocycles. The number of nitrogens with one attached hydrogen (secondary N) is 2. The highest BCUT2D eigenvalue weighted by Crippen LogP contribution is 2.33. The third kappa shape index (κ3) is 4.16. The van der Waals surface area contributed by atoms with E-state index < -0.39 is 5.60 Å². The summed E-state index contributed by atoms with van der Waals surface area (Å²) < 4.78 is 5.24. The summed E-state index contributed by atoms with van der Waals surface area (Å²) in [4.78, 5) is 11.6. The third-order valence-electron chi connectivity index (χ3n) is 3.69. The number of hydrogen-bond acceptors (Lipinski definition) is 3. The molecule has 2 saturated carbocycles. The van der Waals surface area contributed by atoms with Crippen LogP contribution in [0.1, 0.15) is 53.4 Å². The van der Waals surface area contributed by atoms with Crippen LogP contribution in [0.15, 0.2) is 0 Å². The van der Waals surface area contributed by atoms with Crippen molar-refractivity contribution >= 4 is 6.09 Å². The monoisotopic (exact) mass is 254 g/mol. The smallest absolute Gasteiger partial charge is 0.407 e. The summed E-state index contributed by atoms with van der Waals surface area (Å²) >= 11 is 0. The summed E-state index contributed by atoms with van der Waals surface area (Å²) in [5.41, 5.74) is -0.411. The van der Waals surface area contributed by atoms with Crippen molar-refractivity contribution in [1.29, 1.82) is 0 Å². The molecule has 4 heteroatoms. The van der Waals surface area contributed by atoms with Crippen molar-refractivity contribution in [3.8, 4) is 0 Å². The Morgan fingerprint density at radius 3 is 2.33 bits per heavy atom. The van der Waals surface area contributed by atoms with Crippen LogP contribution in [0.3, 0.4) is 0 Å². The first kappa shape index (κ1) is 13.7. The molecular formula is C14H26N2O2. The molecule has 104 valence electrons. The first-order valence-electron chi connectivity index (χ1n) is 7.09. The van der Waals surface area contributed by atoms with Crippen molar-refractivity contribution in [1.82, 2.24) is 10.6 Å². The van der Waals surface area contributed by atoms with Crippen molar-refractivity contribution in [2.24, 2.45) is 5.92 Å². The molecule has 0 aliphatic heterocycles. The van der Waals surface area contributed by atoms with Crippen molar-refractivity contribution in [2.75, 3.05) is 0 Å². The number of hydrogen-bond donors (Lipinski definition) is 2. The largest absolute Gasteiger partial charge is 0.444 e. The van der Waals surface area contributed by atoms with Crippen LogP contribution < -0.4 is 10.6 Å². The number of carbonyl (C=O) groups is 1. The normalized spacial score (nSPS) is 29.3. The van der Waals surface area contributed by atoms with Gasteiger partial charge in [-0.15, -0.1) is 0 Å². The Balaban J connectivity index is 1.59. The minimum atomic E-state index is -0.411. The zero-order chi connectivity index (χ0) is 13.3. The molecule has 2 aliphatic rings. The van der Waals surface area contributed by atoms with E-state index in [1.165, 1.54) is 12.8 Å². The van der Waals surface area contributed by atoms with Crippen LogP contribution in [0.25, 0.3) is 0 Å². The average Bonchev–Trinajstić information content (AvgIpc) is 2.93. The van der Waals surface area contributed by atoms with E-state index in [4.69, 9.17) is 4.74 Å². The zero-order valence-corrected chi connectivity index (χ0v) is 12.0. The molecule has 1 amide bonds. The first-order chi connectivity index (χ1) is 8.33. The molecule has 2 rings (SSSR count). The maximum Gasteiger partial charge on any atom is 0.407 e. The lowest BCUT2D eigenvalue weighted by molar-refractivity contribution is 0.0463. The molecule has 0 spiro atoms. The fourth-order valence-electron chi connectivity index (χ4n) is 2.45. The molecule has 0 heterocycles. The Kier molecular flexibility index (Phi) is 3.85. The van der Waals surface area contributed by atoms with Gasteiger partial charge in [-0.1, -0.05) is 0 Å². The van der Waals surface area contributed by atoms with Crippen LogP contribution in [0.2, 0.25) is 0 Å². The van der Waals surface area contributed by atoms with Gasteiger partial charge in [0.1, 0.15) is 5.60 Å². The molecule has 1 unspecified atom stereocenters. The van der Waals surface area contributed by atoms with Crippen molar-refractivity contribution < 1.29 is 9.53 Å². The lowest BCUT2D eigenvalue weighted by Crippen LogP contribution is -2.55. The quantitative estimate of drug-likeness (QED) is 0.810. The Hall–Kier alpha value is -0.770. The van der Waals surface area contributed by atoms with Gasteiger partial charge < -0.3 is 15.4 Å². The van der Waals surface area contributed by atoms with Gasteiger partial charge in [0.25, 0.3) is 0 Å². The van der Waals surface area contributed by atoms with E-state index in [0.29, 0.717) is 12.1 Å². The lowest BCUT2D eigenvalue weighted by Gasteiger charge is -2.38. The summed E-state index contributed by atoms with van der Waals surface area (Å²) in [6.45, 7) is 7.92. The van der Waals surface area contributed by atoms with Gasteiger partial charge in [-0.25, -0.2) is 4.79 Å². The van der Waals surface area contributed by atoms with Gasteiger partial charge in [0, 0.05) is 18.1 Å². The van der Waals surface area contributed by atoms with Gasteiger partial charge in [0.2, 0.25) is 0 Å². The number of carbonyl (C=O) groups excluding carboxylic acids is 1. The lowest BCUT2D eigenvalue weighted by atomic mass is 9.86. The molecule has 0 aromatic rings. The molecule has 0 radical (unpaired) electrons. The fourth-order valence-corrected chi connectivity index (χ4v) is 2.45. The van der Waals surface area contributed by atoms with Crippen molar-refractivity contribution in [3.63, 3.8) is 0 Å². The highest BCUT2D eigenvalue weighted by atomic mass is 16.6. The molecule has 18 heavy (non-hydrogen) atoms. The number of alkyl carbamates (subject to hydrolysis) is 1. The van der Waals surface area contributed by atoms with E-state index in [1.807, 2.05) is 20.8 Å². The topological polar surface area (TPSA) is 50.4 Å². The molecular weight excluding hydrogens is 228 g/mol. The SMILES string of the molecule is CC(NC1CC(NC(=O)OC(C)(C)C)C1)C1CC1. The van der Waals surface area contributed by atoms with Gasteiger partial charge in [0.05, 0.1) is 0 Å².